The third kappa shape index (κ3) is 3.98. The fraction of sp³-hybridized carbons (Fsp3) is 0.158. The molecule has 126 valence electrons. The molecule has 0 fully saturated rings. The van der Waals surface area contributed by atoms with Crippen molar-refractivity contribution in [2.75, 3.05) is 12.4 Å². The van der Waals surface area contributed by atoms with Crippen molar-refractivity contribution in [3.05, 3.63) is 83.3 Å². The first-order valence-electron chi connectivity index (χ1n) is 7.97. The zero-order valence-electron chi connectivity index (χ0n) is 14.1. The first-order chi connectivity index (χ1) is 12.2. The third-order valence-corrected chi connectivity index (χ3v) is 3.78. The minimum absolute atomic E-state index is 0.166. The Morgan fingerprint density at radius 1 is 1.04 bits per heavy atom. The van der Waals surface area contributed by atoms with Gasteiger partial charge in [0, 0.05) is 13.2 Å². The largest absolute Gasteiger partial charge is 0.356 e. The normalized spacial score (nSPS) is 11.6. The van der Waals surface area contributed by atoms with Crippen LogP contribution in [0.2, 0.25) is 0 Å². The summed E-state index contributed by atoms with van der Waals surface area (Å²) in [5, 5.41) is 14.0. The zero-order valence-corrected chi connectivity index (χ0v) is 14.1. The van der Waals surface area contributed by atoms with E-state index in [9.17, 15) is 4.79 Å². The minimum Gasteiger partial charge on any atom is -0.356 e. The van der Waals surface area contributed by atoms with E-state index in [-0.39, 0.29) is 17.6 Å². The van der Waals surface area contributed by atoms with Gasteiger partial charge in [0.25, 0.3) is 5.91 Å². The molecule has 0 bridgehead atoms. The molecule has 0 radical (unpaired) electrons. The summed E-state index contributed by atoms with van der Waals surface area (Å²) in [7, 11) is 1.56. The number of benzene rings is 1. The summed E-state index contributed by atoms with van der Waals surface area (Å²) in [5.41, 5.74) is 3.40. The minimum atomic E-state index is -0.265. The predicted octanol–water partition coefficient (Wildman–Crippen LogP) is 2.74. The molecule has 0 aliphatic carbocycles. The van der Waals surface area contributed by atoms with Gasteiger partial charge in [-0.1, -0.05) is 35.9 Å². The van der Waals surface area contributed by atoms with Gasteiger partial charge < -0.3 is 10.6 Å². The van der Waals surface area contributed by atoms with Gasteiger partial charge in [0.05, 0.1) is 11.7 Å². The smallest absolute Gasteiger partial charge is 0.271 e. The molecule has 6 nitrogen and oxygen atoms in total. The van der Waals surface area contributed by atoms with Crippen LogP contribution in [0.25, 0.3) is 0 Å². The van der Waals surface area contributed by atoms with Crippen LogP contribution in [0.4, 0.5) is 5.82 Å². The number of aromatic nitrogens is 3. The fourth-order valence-electron chi connectivity index (χ4n) is 2.53. The lowest BCUT2D eigenvalue weighted by Gasteiger charge is -2.19. The summed E-state index contributed by atoms with van der Waals surface area (Å²) in [6, 6.07) is 17.2. The second-order valence-corrected chi connectivity index (χ2v) is 5.63. The number of pyridine rings is 1. The fourth-order valence-corrected chi connectivity index (χ4v) is 2.53. The van der Waals surface area contributed by atoms with Gasteiger partial charge in [-0.05, 0) is 36.8 Å². The van der Waals surface area contributed by atoms with Crippen molar-refractivity contribution in [3.8, 4) is 0 Å². The maximum absolute atomic E-state index is 11.6. The molecule has 0 spiro atoms. The van der Waals surface area contributed by atoms with E-state index in [0.717, 1.165) is 11.3 Å². The van der Waals surface area contributed by atoms with Crippen molar-refractivity contribution in [1.82, 2.24) is 20.5 Å². The van der Waals surface area contributed by atoms with Crippen LogP contribution in [0.15, 0.2) is 60.8 Å². The number of aryl methyl sites for hydroxylation is 1. The molecule has 0 saturated carbocycles. The second-order valence-electron chi connectivity index (χ2n) is 5.63. The molecule has 0 aliphatic rings. The summed E-state index contributed by atoms with van der Waals surface area (Å²) in [5.74, 6) is 0.309. The standard InChI is InChI=1S/C19H19N5O/c1-13-6-5-7-14(12-13)18(15-8-3-4-11-21-15)22-17-10-9-16(23-24-17)19(25)20-2/h3-12,18H,1-2H3,(H,20,25)(H,22,24). The number of rotatable bonds is 5. The van der Waals surface area contributed by atoms with Gasteiger partial charge in [0.15, 0.2) is 5.69 Å². The molecule has 1 atom stereocenters. The Balaban J connectivity index is 1.91. The molecular weight excluding hydrogens is 314 g/mol. The lowest BCUT2D eigenvalue weighted by molar-refractivity contribution is 0.0957. The molecule has 1 amide bonds. The van der Waals surface area contributed by atoms with Crippen molar-refractivity contribution in [3.63, 3.8) is 0 Å². The van der Waals surface area contributed by atoms with E-state index in [1.165, 1.54) is 5.56 Å². The molecule has 1 aromatic carbocycles. The Bertz CT molecular complexity index is 849. The number of hydrogen-bond acceptors (Lipinski definition) is 5. The number of nitrogens with zero attached hydrogens (tertiary/aromatic N) is 3. The first kappa shape index (κ1) is 16.6. The highest BCUT2D eigenvalue weighted by Crippen LogP contribution is 2.25. The number of anilines is 1. The van der Waals surface area contributed by atoms with Crippen molar-refractivity contribution in [2.45, 2.75) is 13.0 Å². The average molecular weight is 333 g/mol. The summed E-state index contributed by atoms with van der Waals surface area (Å²) in [4.78, 5) is 16.0. The van der Waals surface area contributed by atoms with Crippen molar-refractivity contribution < 1.29 is 4.79 Å². The lowest BCUT2D eigenvalue weighted by atomic mass is 10.0. The van der Waals surface area contributed by atoms with Gasteiger partial charge in [-0.2, -0.15) is 0 Å². The number of nitrogens with one attached hydrogen (secondary N) is 2. The number of carbonyl (C=O) groups is 1. The Labute approximate surface area is 146 Å². The number of hydrogen-bond donors (Lipinski definition) is 2. The van der Waals surface area contributed by atoms with Gasteiger partial charge in [0.1, 0.15) is 5.82 Å². The van der Waals surface area contributed by atoms with Crippen LogP contribution in [-0.2, 0) is 0 Å². The van der Waals surface area contributed by atoms with Crippen molar-refractivity contribution in [2.24, 2.45) is 0 Å². The maximum atomic E-state index is 11.6. The van der Waals surface area contributed by atoms with E-state index in [1.54, 1.807) is 25.4 Å². The van der Waals surface area contributed by atoms with Gasteiger partial charge in [0.2, 0.25) is 0 Å². The second kappa shape index (κ2) is 7.53. The summed E-state index contributed by atoms with van der Waals surface area (Å²) in [6.45, 7) is 2.05. The quantitative estimate of drug-likeness (QED) is 0.750. The van der Waals surface area contributed by atoms with Crippen LogP contribution in [0.5, 0.6) is 0 Å². The lowest BCUT2D eigenvalue weighted by Crippen LogP contribution is -2.20. The monoisotopic (exact) mass is 333 g/mol. The van der Waals surface area contributed by atoms with Crippen LogP contribution < -0.4 is 10.6 Å². The number of amides is 1. The molecule has 6 heteroatoms. The Hall–Kier alpha value is -3.28. The molecule has 2 heterocycles. The van der Waals surface area contributed by atoms with Crippen LogP contribution >= 0.6 is 0 Å². The van der Waals surface area contributed by atoms with E-state index < -0.39 is 0 Å². The molecular formula is C19H19N5O. The van der Waals surface area contributed by atoms with Crippen LogP contribution in [0.1, 0.15) is 33.4 Å². The van der Waals surface area contributed by atoms with E-state index in [2.05, 4.69) is 44.9 Å². The SMILES string of the molecule is CNC(=O)c1ccc(NC(c2cccc(C)c2)c2ccccn2)nn1. The van der Waals surface area contributed by atoms with Crippen molar-refractivity contribution in [1.29, 1.82) is 0 Å². The molecule has 2 aromatic heterocycles. The molecule has 1 unspecified atom stereocenters. The average Bonchev–Trinajstić information content (AvgIpc) is 2.66. The van der Waals surface area contributed by atoms with Crippen LogP contribution in [-0.4, -0.2) is 28.1 Å². The van der Waals surface area contributed by atoms with Gasteiger partial charge in [-0.15, -0.1) is 10.2 Å². The highest BCUT2D eigenvalue weighted by atomic mass is 16.1. The van der Waals surface area contributed by atoms with Crippen LogP contribution in [0.3, 0.4) is 0 Å². The highest BCUT2D eigenvalue weighted by molar-refractivity contribution is 5.91. The zero-order chi connectivity index (χ0) is 17.6. The van der Waals surface area contributed by atoms with Gasteiger partial charge in [-0.25, -0.2) is 0 Å². The first-order valence-corrected chi connectivity index (χ1v) is 7.97. The Morgan fingerprint density at radius 2 is 1.92 bits per heavy atom. The summed E-state index contributed by atoms with van der Waals surface area (Å²) < 4.78 is 0. The maximum Gasteiger partial charge on any atom is 0.271 e. The Kier molecular flexibility index (Phi) is 4.99. The third-order valence-electron chi connectivity index (χ3n) is 3.78. The molecule has 3 rings (SSSR count). The van der Waals surface area contributed by atoms with E-state index >= 15 is 0 Å². The topological polar surface area (TPSA) is 79.8 Å². The van der Waals surface area contributed by atoms with Gasteiger partial charge in [-0.3, -0.25) is 9.78 Å². The molecule has 0 saturated heterocycles. The highest BCUT2D eigenvalue weighted by Gasteiger charge is 2.16. The van der Waals surface area contributed by atoms with Gasteiger partial charge >= 0.3 is 0 Å². The molecule has 0 aliphatic heterocycles. The molecule has 3 aromatic rings. The van der Waals surface area contributed by atoms with E-state index in [1.807, 2.05) is 30.3 Å². The summed E-state index contributed by atoms with van der Waals surface area (Å²) in [6.07, 6.45) is 1.76. The predicted molar refractivity (Wildman–Crippen MR) is 96.3 cm³/mol. The van der Waals surface area contributed by atoms with E-state index in [0.29, 0.717) is 5.82 Å². The van der Waals surface area contributed by atoms with Crippen molar-refractivity contribution >= 4 is 11.7 Å². The van der Waals surface area contributed by atoms with E-state index in [4.69, 9.17) is 0 Å². The Morgan fingerprint density at radius 3 is 2.56 bits per heavy atom. The number of carbonyl (C=O) groups excluding carboxylic acids is 1. The van der Waals surface area contributed by atoms with Crippen LogP contribution in [0, 0.1) is 6.92 Å². The summed E-state index contributed by atoms with van der Waals surface area (Å²) >= 11 is 0. The molecule has 25 heavy (non-hydrogen) atoms. The molecule has 2 N–H and O–H groups in total.